The van der Waals surface area contributed by atoms with Gasteiger partial charge in [0, 0.05) is 18.8 Å². The molecule has 25 heavy (non-hydrogen) atoms. The standard InChI is InChI=1S/C18H18N2O3S2/c21-15(22)10-20-17(23)14(25-18(20)24)9-11-7-12-3-1-5-19-6-2-4-13(8-11)16(12)19/h7-9H,1-6,10H2,(H,21,22)/b14-9-. The van der Waals surface area contributed by atoms with Crippen molar-refractivity contribution in [3.8, 4) is 0 Å². The lowest BCUT2D eigenvalue weighted by atomic mass is 9.90. The Hall–Kier alpha value is -1.86. The van der Waals surface area contributed by atoms with E-state index in [4.69, 9.17) is 17.3 Å². The van der Waals surface area contributed by atoms with Gasteiger partial charge in [0.1, 0.15) is 10.9 Å². The zero-order chi connectivity index (χ0) is 17.6. The number of anilines is 1. The number of thioether (sulfide) groups is 1. The lowest BCUT2D eigenvalue weighted by Gasteiger charge is -2.37. The number of amides is 1. The second-order valence-electron chi connectivity index (χ2n) is 6.54. The van der Waals surface area contributed by atoms with Crippen molar-refractivity contribution in [2.45, 2.75) is 25.7 Å². The summed E-state index contributed by atoms with van der Waals surface area (Å²) in [7, 11) is 0. The molecule has 0 bridgehead atoms. The molecule has 0 unspecified atom stereocenters. The van der Waals surface area contributed by atoms with Crippen molar-refractivity contribution in [2.24, 2.45) is 0 Å². The molecule has 130 valence electrons. The van der Waals surface area contributed by atoms with E-state index in [2.05, 4.69) is 17.0 Å². The Bertz CT molecular complexity index is 788. The third-order valence-corrected chi connectivity index (χ3v) is 6.20. The van der Waals surface area contributed by atoms with E-state index in [-0.39, 0.29) is 12.5 Å². The van der Waals surface area contributed by atoms with E-state index in [9.17, 15) is 9.59 Å². The molecule has 3 aliphatic rings. The average molecular weight is 374 g/mol. The normalized spacial score (nSPS) is 21.0. The van der Waals surface area contributed by atoms with Crippen LogP contribution in [0.3, 0.4) is 0 Å². The number of carboxylic acid groups (broad SMARTS) is 1. The second-order valence-corrected chi connectivity index (χ2v) is 8.22. The molecule has 5 nitrogen and oxygen atoms in total. The van der Waals surface area contributed by atoms with Crippen LogP contribution in [0.5, 0.6) is 0 Å². The minimum absolute atomic E-state index is 0.309. The van der Waals surface area contributed by atoms with Crippen molar-refractivity contribution < 1.29 is 14.7 Å². The number of hydrogen-bond donors (Lipinski definition) is 1. The molecule has 1 N–H and O–H groups in total. The van der Waals surface area contributed by atoms with Crippen LogP contribution in [0.15, 0.2) is 17.0 Å². The second kappa shape index (κ2) is 6.46. The fourth-order valence-electron chi connectivity index (χ4n) is 3.84. The Balaban J connectivity index is 1.67. The topological polar surface area (TPSA) is 60.9 Å². The number of nitrogens with zero attached hydrogens (tertiary/aromatic N) is 2. The highest BCUT2D eigenvalue weighted by Gasteiger charge is 2.33. The van der Waals surface area contributed by atoms with Gasteiger partial charge in [-0.25, -0.2) is 0 Å². The minimum Gasteiger partial charge on any atom is -0.480 e. The molecule has 3 aliphatic heterocycles. The lowest BCUT2D eigenvalue weighted by molar-refractivity contribution is -0.140. The van der Waals surface area contributed by atoms with Crippen molar-refractivity contribution in [3.05, 3.63) is 33.7 Å². The van der Waals surface area contributed by atoms with Gasteiger partial charge in [0.25, 0.3) is 5.91 Å². The van der Waals surface area contributed by atoms with Gasteiger partial charge in [0.2, 0.25) is 0 Å². The van der Waals surface area contributed by atoms with E-state index in [0.717, 1.165) is 49.2 Å². The zero-order valence-electron chi connectivity index (χ0n) is 13.7. The van der Waals surface area contributed by atoms with E-state index in [0.29, 0.717) is 9.23 Å². The molecular formula is C18H18N2O3S2. The smallest absolute Gasteiger partial charge is 0.323 e. The first-order valence-electron chi connectivity index (χ1n) is 8.41. The average Bonchev–Trinajstić information content (AvgIpc) is 2.82. The molecule has 1 aromatic carbocycles. The third-order valence-electron chi connectivity index (χ3n) is 4.82. The maximum atomic E-state index is 12.4. The molecule has 0 aliphatic carbocycles. The summed E-state index contributed by atoms with van der Waals surface area (Å²) in [5, 5.41) is 8.93. The Morgan fingerprint density at radius 3 is 2.48 bits per heavy atom. The summed E-state index contributed by atoms with van der Waals surface area (Å²) < 4.78 is 0.309. The van der Waals surface area contributed by atoms with E-state index in [1.54, 1.807) is 0 Å². The number of carbonyl (C=O) groups excluding carboxylic acids is 1. The summed E-state index contributed by atoms with van der Waals surface area (Å²) in [6.07, 6.45) is 6.32. The maximum Gasteiger partial charge on any atom is 0.323 e. The number of carboxylic acids is 1. The van der Waals surface area contributed by atoms with E-state index < -0.39 is 5.97 Å². The molecule has 0 aromatic heterocycles. The number of aryl methyl sites for hydroxylation is 2. The Morgan fingerprint density at radius 1 is 1.24 bits per heavy atom. The fourth-order valence-corrected chi connectivity index (χ4v) is 5.09. The Morgan fingerprint density at radius 2 is 1.88 bits per heavy atom. The summed E-state index contributed by atoms with van der Waals surface area (Å²) in [6, 6.07) is 4.33. The SMILES string of the molecule is O=C(O)CN1C(=O)/C(=C/c2cc3c4c(c2)CCCN4CCC3)SC1=S. The number of benzene rings is 1. The van der Waals surface area contributed by atoms with Crippen LogP contribution in [-0.4, -0.2) is 45.8 Å². The molecule has 0 saturated carbocycles. The first kappa shape index (κ1) is 16.6. The van der Waals surface area contributed by atoms with E-state index >= 15 is 0 Å². The molecular weight excluding hydrogens is 356 g/mol. The first-order valence-corrected chi connectivity index (χ1v) is 9.63. The molecule has 0 atom stereocenters. The minimum atomic E-state index is -1.06. The predicted molar refractivity (Wildman–Crippen MR) is 103 cm³/mol. The molecule has 3 heterocycles. The van der Waals surface area contributed by atoms with Crippen LogP contribution in [0.2, 0.25) is 0 Å². The third kappa shape index (κ3) is 3.06. The van der Waals surface area contributed by atoms with Crippen LogP contribution in [-0.2, 0) is 22.4 Å². The maximum absolute atomic E-state index is 12.4. The lowest BCUT2D eigenvalue weighted by Crippen LogP contribution is -2.34. The number of aliphatic carboxylic acids is 1. The van der Waals surface area contributed by atoms with Gasteiger partial charge in [-0.05, 0) is 60.6 Å². The van der Waals surface area contributed by atoms with E-state index in [1.165, 1.54) is 28.6 Å². The van der Waals surface area contributed by atoms with Crippen molar-refractivity contribution >= 4 is 51.9 Å². The van der Waals surface area contributed by atoms with Gasteiger partial charge < -0.3 is 10.0 Å². The monoisotopic (exact) mass is 374 g/mol. The number of rotatable bonds is 3. The molecule has 0 radical (unpaired) electrons. The van der Waals surface area contributed by atoms with Crippen LogP contribution >= 0.6 is 24.0 Å². The predicted octanol–water partition coefficient (Wildman–Crippen LogP) is 2.67. The van der Waals surface area contributed by atoms with Crippen molar-refractivity contribution in [2.75, 3.05) is 24.5 Å². The van der Waals surface area contributed by atoms with Crippen molar-refractivity contribution in [3.63, 3.8) is 0 Å². The van der Waals surface area contributed by atoms with Crippen LogP contribution in [0.25, 0.3) is 6.08 Å². The van der Waals surface area contributed by atoms with Crippen LogP contribution in [0, 0.1) is 0 Å². The molecule has 1 aromatic rings. The fraction of sp³-hybridized carbons (Fsp3) is 0.389. The first-order chi connectivity index (χ1) is 12.0. The quantitative estimate of drug-likeness (QED) is 0.648. The molecule has 1 saturated heterocycles. The van der Waals surface area contributed by atoms with Gasteiger partial charge in [-0.1, -0.05) is 24.0 Å². The van der Waals surface area contributed by atoms with Gasteiger partial charge in [0.15, 0.2) is 0 Å². The largest absolute Gasteiger partial charge is 0.480 e. The Kier molecular flexibility index (Phi) is 4.29. The highest BCUT2D eigenvalue weighted by Crippen LogP contribution is 2.38. The van der Waals surface area contributed by atoms with Crippen LogP contribution < -0.4 is 4.90 Å². The molecule has 1 fully saturated rings. The van der Waals surface area contributed by atoms with Crippen LogP contribution in [0.4, 0.5) is 5.69 Å². The van der Waals surface area contributed by atoms with E-state index in [1.807, 2.05) is 6.08 Å². The molecule has 0 spiro atoms. The number of hydrogen-bond acceptors (Lipinski definition) is 5. The van der Waals surface area contributed by atoms with Gasteiger partial charge >= 0.3 is 5.97 Å². The summed E-state index contributed by atoms with van der Waals surface area (Å²) >= 11 is 6.34. The van der Waals surface area contributed by atoms with Crippen LogP contribution in [0.1, 0.15) is 29.5 Å². The summed E-state index contributed by atoms with van der Waals surface area (Å²) in [6.45, 7) is 1.88. The van der Waals surface area contributed by atoms with Gasteiger partial charge in [-0.3, -0.25) is 14.5 Å². The van der Waals surface area contributed by atoms with Crippen molar-refractivity contribution in [1.29, 1.82) is 0 Å². The summed E-state index contributed by atoms with van der Waals surface area (Å²) in [5.74, 6) is -1.37. The van der Waals surface area contributed by atoms with Gasteiger partial charge in [0.05, 0.1) is 4.91 Å². The highest BCUT2D eigenvalue weighted by atomic mass is 32.2. The number of carbonyl (C=O) groups is 2. The summed E-state index contributed by atoms with van der Waals surface area (Å²) in [5.41, 5.74) is 5.12. The Labute approximate surface area is 155 Å². The summed E-state index contributed by atoms with van der Waals surface area (Å²) in [4.78, 5) is 27.5. The van der Waals surface area contributed by atoms with Gasteiger partial charge in [-0.15, -0.1) is 0 Å². The van der Waals surface area contributed by atoms with Crippen molar-refractivity contribution in [1.82, 2.24) is 4.90 Å². The number of thiocarbonyl (C=S) groups is 1. The zero-order valence-corrected chi connectivity index (χ0v) is 15.3. The highest BCUT2D eigenvalue weighted by molar-refractivity contribution is 8.26. The molecule has 7 heteroatoms. The molecule has 1 amide bonds. The van der Waals surface area contributed by atoms with Gasteiger partial charge in [-0.2, -0.15) is 0 Å². The molecule has 4 rings (SSSR count).